The van der Waals surface area contributed by atoms with Gasteiger partial charge in [-0.25, -0.2) is 9.37 Å². The number of amides is 1. The minimum Gasteiger partial charge on any atom is -0.352 e. The summed E-state index contributed by atoms with van der Waals surface area (Å²) in [4.78, 5) is 16.9. The minimum absolute atomic E-state index is 0.120. The first-order valence-corrected chi connectivity index (χ1v) is 8.08. The lowest BCUT2D eigenvalue weighted by atomic mass is 10.1. The van der Waals surface area contributed by atoms with Gasteiger partial charge in [-0.3, -0.25) is 4.79 Å². The third-order valence-electron chi connectivity index (χ3n) is 4.17. The smallest absolute Gasteiger partial charge is 0.252 e. The molecule has 124 valence electrons. The van der Waals surface area contributed by atoms with Crippen molar-refractivity contribution in [1.29, 1.82) is 0 Å². The maximum absolute atomic E-state index is 12.9. The van der Waals surface area contributed by atoms with Crippen molar-refractivity contribution >= 4 is 11.6 Å². The third-order valence-corrected chi connectivity index (χ3v) is 4.17. The van der Waals surface area contributed by atoms with Crippen LogP contribution in [0.5, 0.6) is 0 Å². The van der Waals surface area contributed by atoms with Gasteiger partial charge in [0, 0.05) is 18.4 Å². The van der Waals surface area contributed by atoms with E-state index in [0.717, 1.165) is 29.0 Å². The van der Waals surface area contributed by atoms with Gasteiger partial charge >= 0.3 is 0 Å². The first-order valence-electron chi connectivity index (χ1n) is 8.08. The van der Waals surface area contributed by atoms with E-state index in [1.165, 1.54) is 12.1 Å². The highest BCUT2D eigenvalue weighted by Gasteiger charge is 2.10. The van der Waals surface area contributed by atoms with Crippen LogP contribution in [0.1, 0.15) is 34.2 Å². The van der Waals surface area contributed by atoms with E-state index < -0.39 is 0 Å². The van der Waals surface area contributed by atoms with Crippen LogP contribution in [0.2, 0.25) is 0 Å². The molecular formula is C19H20FN3O. The van der Waals surface area contributed by atoms with E-state index in [1.54, 1.807) is 18.2 Å². The maximum Gasteiger partial charge on any atom is 0.252 e. The molecule has 0 aliphatic heterocycles. The number of hydrogen-bond donors (Lipinski definition) is 1. The number of rotatable bonds is 5. The summed E-state index contributed by atoms with van der Waals surface area (Å²) in [7, 11) is 0. The largest absolute Gasteiger partial charge is 0.352 e. The summed E-state index contributed by atoms with van der Waals surface area (Å²) in [6.07, 6.45) is 3.36. The minimum atomic E-state index is -0.252. The van der Waals surface area contributed by atoms with Crippen LogP contribution >= 0.6 is 0 Å². The highest BCUT2D eigenvalue weighted by atomic mass is 19.1. The average molecular weight is 325 g/mol. The number of benzene rings is 1. The summed E-state index contributed by atoms with van der Waals surface area (Å²) in [6.45, 7) is 4.58. The molecule has 1 amide bonds. The van der Waals surface area contributed by atoms with Gasteiger partial charge in [0.1, 0.15) is 11.5 Å². The fourth-order valence-electron chi connectivity index (χ4n) is 2.75. The number of nitrogens with zero attached hydrogens (tertiary/aromatic N) is 2. The average Bonchev–Trinajstić information content (AvgIpc) is 2.92. The number of carbonyl (C=O) groups is 1. The fourth-order valence-corrected chi connectivity index (χ4v) is 2.75. The predicted octanol–water partition coefficient (Wildman–Crippen LogP) is 3.32. The van der Waals surface area contributed by atoms with Gasteiger partial charge in [-0.05, 0) is 49.6 Å². The van der Waals surface area contributed by atoms with E-state index in [4.69, 9.17) is 0 Å². The van der Waals surface area contributed by atoms with Gasteiger partial charge in [0.05, 0.1) is 11.3 Å². The molecule has 0 radical (unpaired) electrons. The predicted molar refractivity (Wildman–Crippen MR) is 91.7 cm³/mol. The molecule has 0 atom stereocenters. The zero-order valence-corrected chi connectivity index (χ0v) is 13.8. The van der Waals surface area contributed by atoms with Gasteiger partial charge in [-0.1, -0.05) is 19.1 Å². The van der Waals surface area contributed by atoms with Crippen LogP contribution in [-0.2, 0) is 12.8 Å². The van der Waals surface area contributed by atoms with Gasteiger partial charge < -0.3 is 9.72 Å². The molecule has 0 aliphatic rings. The number of carbonyl (C=O) groups excluding carboxylic acids is 1. The number of aryl methyl sites for hydroxylation is 2. The Morgan fingerprint density at radius 1 is 1.21 bits per heavy atom. The number of hydrogen-bond acceptors (Lipinski definition) is 2. The van der Waals surface area contributed by atoms with Crippen molar-refractivity contribution < 1.29 is 9.18 Å². The Morgan fingerprint density at radius 2 is 1.96 bits per heavy atom. The number of halogens is 1. The Balaban J connectivity index is 1.67. The molecule has 3 aromatic rings. The second kappa shape index (κ2) is 6.83. The van der Waals surface area contributed by atoms with Gasteiger partial charge in [-0.2, -0.15) is 0 Å². The van der Waals surface area contributed by atoms with Crippen molar-refractivity contribution in [3.8, 4) is 0 Å². The van der Waals surface area contributed by atoms with E-state index >= 15 is 0 Å². The SMILES string of the molecule is CCc1nc2ccc(C(=O)NCCc3ccc(F)cc3)cn2c1C. The topological polar surface area (TPSA) is 46.4 Å². The monoisotopic (exact) mass is 325 g/mol. The van der Waals surface area contributed by atoms with Crippen molar-refractivity contribution in [2.75, 3.05) is 6.54 Å². The molecule has 1 aromatic carbocycles. The Hall–Kier alpha value is -2.69. The first-order chi connectivity index (χ1) is 11.6. The van der Waals surface area contributed by atoms with E-state index in [9.17, 15) is 9.18 Å². The molecule has 0 saturated carbocycles. The molecular weight excluding hydrogens is 305 g/mol. The molecule has 24 heavy (non-hydrogen) atoms. The van der Waals surface area contributed by atoms with Crippen molar-refractivity contribution in [2.45, 2.75) is 26.7 Å². The lowest BCUT2D eigenvalue weighted by molar-refractivity contribution is 0.0953. The fraction of sp³-hybridized carbons (Fsp3) is 0.263. The summed E-state index contributed by atoms with van der Waals surface area (Å²) in [6, 6.07) is 9.97. The molecule has 4 nitrogen and oxygen atoms in total. The van der Waals surface area contributed by atoms with E-state index in [2.05, 4.69) is 17.2 Å². The zero-order valence-electron chi connectivity index (χ0n) is 13.8. The number of fused-ring (bicyclic) bond motifs is 1. The maximum atomic E-state index is 12.9. The quantitative estimate of drug-likeness (QED) is 0.782. The van der Waals surface area contributed by atoms with Crippen LogP contribution in [0, 0.1) is 12.7 Å². The summed E-state index contributed by atoms with van der Waals surface area (Å²) in [5.41, 5.74) is 4.56. The molecule has 0 bridgehead atoms. The Labute approximate surface area is 140 Å². The molecule has 0 fully saturated rings. The normalized spacial score (nSPS) is 11.0. The third kappa shape index (κ3) is 3.30. The van der Waals surface area contributed by atoms with Crippen LogP contribution < -0.4 is 5.32 Å². The molecule has 3 rings (SSSR count). The number of pyridine rings is 1. The van der Waals surface area contributed by atoms with Crippen molar-refractivity contribution in [1.82, 2.24) is 14.7 Å². The summed E-state index contributed by atoms with van der Waals surface area (Å²) >= 11 is 0. The number of aromatic nitrogens is 2. The standard InChI is InChI=1S/C19H20FN3O/c1-3-17-13(2)23-12-15(6-9-18(23)22-17)19(24)21-11-10-14-4-7-16(20)8-5-14/h4-9,12H,3,10-11H2,1-2H3,(H,21,24). The van der Waals surface area contributed by atoms with Gasteiger partial charge in [0.2, 0.25) is 0 Å². The number of nitrogens with one attached hydrogen (secondary N) is 1. The van der Waals surface area contributed by atoms with E-state index in [1.807, 2.05) is 23.6 Å². The molecule has 2 aromatic heterocycles. The lowest BCUT2D eigenvalue weighted by Crippen LogP contribution is -2.26. The summed E-state index contributed by atoms with van der Waals surface area (Å²) < 4.78 is 14.8. The van der Waals surface area contributed by atoms with E-state index in [-0.39, 0.29) is 11.7 Å². The molecule has 5 heteroatoms. The molecule has 1 N–H and O–H groups in total. The van der Waals surface area contributed by atoms with Crippen molar-refractivity contribution in [3.05, 3.63) is 70.9 Å². The second-order valence-electron chi connectivity index (χ2n) is 5.78. The van der Waals surface area contributed by atoms with Crippen LogP contribution in [0.3, 0.4) is 0 Å². The van der Waals surface area contributed by atoms with Crippen LogP contribution in [0.15, 0.2) is 42.6 Å². The molecule has 0 unspecified atom stereocenters. The molecule has 0 spiro atoms. The van der Waals surface area contributed by atoms with E-state index in [0.29, 0.717) is 18.5 Å². The zero-order chi connectivity index (χ0) is 17.1. The second-order valence-corrected chi connectivity index (χ2v) is 5.78. The molecule has 0 aliphatic carbocycles. The van der Waals surface area contributed by atoms with Crippen LogP contribution in [0.25, 0.3) is 5.65 Å². The van der Waals surface area contributed by atoms with Crippen molar-refractivity contribution in [3.63, 3.8) is 0 Å². The Kier molecular flexibility index (Phi) is 4.60. The Bertz CT molecular complexity index is 868. The summed E-state index contributed by atoms with van der Waals surface area (Å²) in [5, 5.41) is 2.90. The molecule has 2 heterocycles. The Morgan fingerprint density at radius 3 is 2.67 bits per heavy atom. The van der Waals surface area contributed by atoms with Crippen LogP contribution in [0.4, 0.5) is 4.39 Å². The van der Waals surface area contributed by atoms with Gasteiger partial charge in [-0.15, -0.1) is 0 Å². The van der Waals surface area contributed by atoms with Crippen molar-refractivity contribution in [2.24, 2.45) is 0 Å². The highest BCUT2D eigenvalue weighted by molar-refractivity contribution is 5.94. The van der Waals surface area contributed by atoms with Gasteiger partial charge in [0.25, 0.3) is 5.91 Å². The number of imidazole rings is 1. The highest BCUT2D eigenvalue weighted by Crippen LogP contribution is 2.14. The first kappa shape index (κ1) is 16.2. The molecule has 0 saturated heterocycles. The van der Waals surface area contributed by atoms with Crippen LogP contribution in [-0.4, -0.2) is 21.8 Å². The summed E-state index contributed by atoms with van der Waals surface area (Å²) in [5.74, 6) is -0.372. The lowest BCUT2D eigenvalue weighted by Gasteiger charge is -2.06. The van der Waals surface area contributed by atoms with Gasteiger partial charge in [0.15, 0.2) is 0 Å².